The minimum absolute atomic E-state index is 0.118. The SMILES string of the molecule is Cc1nn(-c2ccc(F)cc2)c(Cl)c1C(=O)NCc1cc(F)cc(Br)c1. The van der Waals surface area contributed by atoms with Crippen molar-refractivity contribution in [3.63, 3.8) is 0 Å². The number of aryl methyl sites for hydroxylation is 1. The van der Waals surface area contributed by atoms with E-state index in [1.165, 1.54) is 41.1 Å². The first kappa shape index (κ1) is 18.5. The molecule has 1 aromatic heterocycles. The highest BCUT2D eigenvalue weighted by Crippen LogP contribution is 2.24. The lowest BCUT2D eigenvalue weighted by Gasteiger charge is -2.07. The van der Waals surface area contributed by atoms with Gasteiger partial charge >= 0.3 is 0 Å². The second-order valence-corrected chi connectivity index (χ2v) is 6.87. The number of amides is 1. The zero-order chi connectivity index (χ0) is 18.8. The normalized spacial score (nSPS) is 10.8. The van der Waals surface area contributed by atoms with Crippen LogP contribution in [-0.2, 0) is 6.54 Å². The fraction of sp³-hybridized carbons (Fsp3) is 0.111. The molecule has 1 heterocycles. The number of rotatable bonds is 4. The van der Waals surface area contributed by atoms with Crippen LogP contribution in [0.4, 0.5) is 8.78 Å². The topological polar surface area (TPSA) is 46.9 Å². The molecule has 0 saturated heterocycles. The van der Waals surface area contributed by atoms with Crippen LogP contribution in [0.5, 0.6) is 0 Å². The molecule has 0 aliphatic heterocycles. The van der Waals surface area contributed by atoms with Crippen molar-refractivity contribution in [3.05, 3.63) is 80.5 Å². The predicted molar refractivity (Wildman–Crippen MR) is 98.5 cm³/mol. The summed E-state index contributed by atoms with van der Waals surface area (Å²) in [6, 6.07) is 9.97. The summed E-state index contributed by atoms with van der Waals surface area (Å²) in [5, 5.41) is 7.07. The van der Waals surface area contributed by atoms with Crippen LogP contribution in [0.2, 0.25) is 5.15 Å². The molecular weight excluding hydrogens is 428 g/mol. The highest BCUT2D eigenvalue weighted by molar-refractivity contribution is 9.10. The average Bonchev–Trinajstić information content (AvgIpc) is 2.87. The highest BCUT2D eigenvalue weighted by atomic mass is 79.9. The Morgan fingerprint density at radius 3 is 2.54 bits per heavy atom. The maximum Gasteiger partial charge on any atom is 0.256 e. The van der Waals surface area contributed by atoms with Crippen molar-refractivity contribution in [1.82, 2.24) is 15.1 Å². The third-order valence-corrected chi connectivity index (χ3v) is 4.48. The molecule has 8 heteroatoms. The monoisotopic (exact) mass is 439 g/mol. The van der Waals surface area contributed by atoms with E-state index >= 15 is 0 Å². The van der Waals surface area contributed by atoms with Crippen LogP contribution in [0.25, 0.3) is 5.69 Å². The molecule has 0 saturated carbocycles. The molecule has 134 valence electrons. The van der Waals surface area contributed by atoms with Gasteiger partial charge in [0.15, 0.2) is 0 Å². The van der Waals surface area contributed by atoms with Crippen molar-refractivity contribution in [2.45, 2.75) is 13.5 Å². The molecule has 3 rings (SSSR count). The van der Waals surface area contributed by atoms with Crippen LogP contribution >= 0.6 is 27.5 Å². The molecule has 0 fully saturated rings. The summed E-state index contributed by atoms with van der Waals surface area (Å²) in [7, 11) is 0. The Hall–Kier alpha value is -2.25. The van der Waals surface area contributed by atoms with Gasteiger partial charge in [-0.1, -0.05) is 27.5 Å². The van der Waals surface area contributed by atoms with Gasteiger partial charge in [0, 0.05) is 11.0 Å². The number of benzene rings is 2. The van der Waals surface area contributed by atoms with Crippen molar-refractivity contribution in [1.29, 1.82) is 0 Å². The Bertz CT molecular complexity index is 953. The van der Waals surface area contributed by atoms with Gasteiger partial charge in [0.1, 0.15) is 16.8 Å². The lowest BCUT2D eigenvalue weighted by atomic mass is 10.2. The molecule has 0 radical (unpaired) electrons. The van der Waals surface area contributed by atoms with Gasteiger partial charge in [-0.3, -0.25) is 4.79 Å². The van der Waals surface area contributed by atoms with Crippen molar-refractivity contribution in [3.8, 4) is 5.69 Å². The minimum atomic E-state index is -0.429. The van der Waals surface area contributed by atoms with E-state index in [4.69, 9.17) is 11.6 Å². The molecule has 0 bridgehead atoms. The van der Waals surface area contributed by atoms with Gasteiger partial charge in [-0.05, 0) is 55.0 Å². The van der Waals surface area contributed by atoms with Crippen LogP contribution in [0.3, 0.4) is 0 Å². The fourth-order valence-electron chi connectivity index (χ4n) is 2.49. The Labute approximate surface area is 161 Å². The first-order chi connectivity index (χ1) is 12.3. The van der Waals surface area contributed by atoms with Crippen molar-refractivity contribution >= 4 is 33.4 Å². The third-order valence-electron chi connectivity index (χ3n) is 3.68. The number of carbonyl (C=O) groups is 1. The minimum Gasteiger partial charge on any atom is -0.348 e. The quantitative estimate of drug-likeness (QED) is 0.633. The number of hydrogen-bond acceptors (Lipinski definition) is 2. The number of nitrogens with one attached hydrogen (secondary N) is 1. The van der Waals surface area contributed by atoms with Gasteiger partial charge in [0.05, 0.1) is 16.9 Å². The van der Waals surface area contributed by atoms with E-state index in [1.807, 2.05) is 0 Å². The molecule has 1 N–H and O–H groups in total. The second kappa shape index (κ2) is 7.55. The summed E-state index contributed by atoms with van der Waals surface area (Å²) >= 11 is 9.52. The van der Waals surface area contributed by atoms with Crippen LogP contribution in [0, 0.1) is 18.6 Å². The number of nitrogens with zero attached hydrogens (tertiary/aromatic N) is 2. The predicted octanol–water partition coefficient (Wildman–Crippen LogP) is 4.80. The first-order valence-electron chi connectivity index (χ1n) is 7.59. The molecule has 0 unspecified atom stereocenters. The highest BCUT2D eigenvalue weighted by Gasteiger charge is 2.21. The molecular formula is C18H13BrClF2N3O. The van der Waals surface area contributed by atoms with E-state index in [0.717, 1.165) is 0 Å². The molecule has 0 aliphatic carbocycles. The number of halogens is 4. The van der Waals surface area contributed by atoms with Crippen LogP contribution < -0.4 is 5.32 Å². The Morgan fingerprint density at radius 2 is 1.88 bits per heavy atom. The Morgan fingerprint density at radius 1 is 1.19 bits per heavy atom. The molecule has 3 aromatic rings. The fourth-order valence-corrected chi connectivity index (χ4v) is 3.36. The molecule has 26 heavy (non-hydrogen) atoms. The van der Waals surface area contributed by atoms with Gasteiger partial charge in [-0.2, -0.15) is 5.10 Å². The third kappa shape index (κ3) is 3.94. The zero-order valence-electron chi connectivity index (χ0n) is 13.6. The summed E-state index contributed by atoms with van der Waals surface area (Å²) in [4.78, 5) is 12.5. The van der Waals surface area contributed by atoms with Crippen LogP contribution in [-0.4, -0.2) is 15.7 Å². The summed E-state index contributed by atoms with van der Waals surface area (Å²) in [6.07, 6.45) is 0. The van der Waals surface area contributed by atoms with Gasteiger partial charge in [0.25, 0.3) is 5.91 Å². The largest absolute Gasteiger partial charge is 0.348 e. The summed E-state index contributed by atoms with van der Waals surface area (Å²) in [6.45, 7) is 1.78. The second-order valence-electron chi connectivity index (χ2n) is 5.60. The van der Waals surface area contributed by atoms with E-state index in [2.05, 4.69) is 26.3 Å². The molecule has 0 spiro atoms. The maximum absolute atomic E-state index is 13.4. The van der Waals surface area contributed by atoms with E-state index in [9.17, 15) is 13.6 Å². The number of carbonyl (C=O) groups excluding carboxylic acids is 1. The Kier molecular flexibility index (Phi) is 5.38. The first-order valence-corrected chi connectivity index (χ1v) is 8.76. The van der Waals surface area contributed by atoms with Crippen molar-refractivity contribution in [2.75, 3.05) is 0 Å². The van der Waals surface area contributed by atoms with E-state index in [-0.39, 0.29) is 23.1 Å². The van der Waals surface area contributed by atoms with Gasteiger partial charge in [-0.15, -0.1) is 0 Å². The number of aromatic nitrogens is 2. The van der Waals surface area contributed by atoms with Gasteiger partial charge in [-0.25, -0.2) is 13.5 Å². The zero-order valence-corrected chi connectivity index (χ0v) is 15.9. The Balaban J connectivity index is 1.82. The lowest BCUT2D eigenvalue weighted by Crippen LogP contribution is -2.23. The number of hydrogen-bond donors (Lipinski definition) is 1. The summed E-state index contributed by atoms with van der Waals surface area (Å²) in [5.41, 5.74) is 1.78. The smallest absolute Gasteiger partial charge is 0.256 e. The van der Waals surface area contributed by atoms with Crippen molar-refractivity contribution in [2.24, 2.45) is 0 Å². The van der Waals surface area contributed by atoms with Crippen LogP contribution in [0.1, 0.15) is 21.6 Å². The lowest BCUT2D eigenvalue weighted by molar-refractivity contribution is 0.0950. The summed E-state index contributed by atoms with van der Waals surface area (Å²) in [5.74, 6) is -1.21. The van der Waals surface area contributed by atoms with E-state index in [1.54, 1.807) is 13.0 Å². The maximum atomic E-state index is 13.4. The standard InChI is InChI=1S/C18H13BrClF2N3O/c1-10-16(17(20)25(24-10)15-4-2-13(21)3-5-15)18(26)23-9-11-6-12(19)8-14(22)7-11/h2-8H,9H2,1H3,(H,23,26). The summed E-state index contributed by atoms with van der Waals surface area (Å²) < 4.78 is 28.4. The molecule has 4 nitrogen and oxygen atoms in total. The molecule has 2 aromatic carbocycles. The molecule has 0 atom stereocenters. The van der Waals surface area contributed by atoms with Crippen LogP contribution in [0.15, 0.2) is 46.9 Å². The average molecular weight is 441 g/mol. The van der Waals surface area contributed by atoms with Crippen molar-refractivity contribution < 1.29 is 13.6 Å². The van der Waals surface area contributed by atoms with Gasteiger partial charge in [0.2, 0.25) is 0 Å². The van der Waals surface area contributed by atoms with E-state index in [0.29, 0.717) is 21.4 Å². The van der Waals surface area contributed by atoms with Gasteiger partial charge < -0.3 is 5.32 Å². The van der Waals surface area contributed by atoms with E-state index < -0.39 is 11.7 Å². The molecule has 1 amide bonds. The molecule has 0 aliphatic rings.